The standard InChI is InChI=1S/C17H12F3N3O2/c18-17(19,20)11-8-12(10-4-2-1-3-5-10)22-15-13(11)14(23-25-15)16(6-7-16)21-9-24/h1-5,8-9H,6-7H2,(H,21,24). The van der Waals surface area contributed by atoms with E-state index in [0.29, 0.717) is 24.8 Å². The lowest BCUT2D eigenvalue weighted by molar-refractivity contribution is -0.136. The van der Waals surface area contributed by atoms with Crippen LogP contribution in [-0.4, -0.2) is 16.6 Å². The molecule has 0 unspecified atom stereocenters. The van der Waals surface area contributed by atoms with E-state index in [1.165, 1.54) is 0 Å². The Morgan fingerprint density at radius 1 is 1.20 bits per heavy atom. The van der Waals surface area contributed by atoms with E-state index in [1.54, 1.807) is 30.3 Å². The highest BCUT2D eigenvalue weighted by Gasteiger charge is 2.50. The summed E-state index contributed by atoms with van der Waals surface area (Å²) < 4.78 is 46.1. The number of nitrogens with zero attached hydrogens (tertiary/aromatic N) is 2. The maximum absolute atomic E-state index is 13.7. The van der Waals surface area contributed by atoms with Crippen molar-refractivity contribution in [1.82, 2.24) is 15.5 Å². The van der Waals surface area contributed by atoms with Gasteiger partial charge in [-0.2, -0.15) is 13.2 Å². The van der Waals surface area contributed by atoms with Crippen molar-refractivity contribution >= 4 is 17.5 Å². The van der Waals surface area contributed by atoms with E-state index in [2.05, 4.69) is 15.5 Å². The Kier molecular flexibility index (Phi) is 3.31. The van der Waals surface area contributed by atoms with Gasteiger partial charge in [0, 0.05) is 5.56 Å². The van der Waals surface area contributed by atoms with Crippen LogP contribution >= 0.6 is 0 Å². The molecule has 0 aliphatic heterocycles. The number of carbonyl (C=O) groups excluding carboxylic acids is 1. The van der Waals surface area contributed by atoms with Gasteiger partial charge in [-0.25, -0.2) is 4.98 Å². The molecule has 1 aromatic carbocycles. The number of benzene rings is 1. The van der Waals surface area contributed by atoms with Gasteiger partial charge >= 0.3 is 6.18 Å². The average Bonchev–Trinajstić information content (AvgIpc) is 3.23. The summed E-state index contributed by atoms with van der Waals surface area (Å²) in [4.78, 5) is 15.0. The molecule has 1 aliphatic carbocycles. The van der Waals surface area contributed by atoms with E-state index in [1.807, 2.05) is 0 Å². The van der Waals surface area contributed by atoms with E-state index in [4.69, 9.17) is 4.52 Å². The molecule has 1 N–H and O–H groups in total. The number of rotatable bonds is 4. The van der Waals surface area contributed by atoms with Crippen LogP contribution in [0, 0.1) is 0 Å². The minimum absolute atomic E-state index is 0.0778. The first kappa shape index (κ1) is 15.6. The van der Waals surface area contributed by atoms with Crippen LogP contribution in [0.2, 0.25) is 0 Å². The summed E-state index contributed by atoms with van der Waals surface area (Å²) in [5.41, 5.74) is -1.19. The fraction of sp³-hybridized carbons (Fsp3) is 0.235. The molecule has 1 fully saturated rings. The molecule has 1 aliphatic rings. The molecule has 2 heterocycles. The van der Waals surface area contributed by atoms with Crippen LogP contribution in [0.5, 0.6) is 0 Å². The van der Waals surface area contributed by atoms with Crippen molar-refractivity contribution in [2.24, 2.45) is 0 Å². The topological polar surface area (TPSA) is 68.0 Å². The summed E-state index contributed by atoms with van der Waals surface area (Å²) in [6, 6.07) is 9.53. The van der Waals surface area contributed by atoms with Crippen LogP contribution in [0.15, 0.2) is 40.9 Å². The first-order valence-corrected chi connectivity index (χ1v) is 7.59. The van der Waals surface area contributed by atoms with Crippen molar-refractivity contribution in [1.29, 1.82) is 0 Å². The first-order valence-electron chi connectivity index (χ1n) is 7.59. The highest BCUT2D eigenvalue weighted by atomic mass is 19.4. The second-order valence-electron chi connectivity index (χ2n) is 5.97. The Labute approximate surface area is 139 Å². The smallest absolute Gasteiger partial charge is 0.347 e. The van der Waals surface area contributed by atoms with Crippen LogP contribution in [0.25, 0.3) is 22.4 Å². The second kappa shape index (κ2) is 5.30. The summed E-state index contributed by atoms with van der Waals surface area (Å²) in [5, 5.41) is 6.16. The van der Waals surface area contributed by atoms with E-state index < -0.39 is 17.3 Å². The summed E-state index contributed by atoms with van der Waals surface area (Å²) in [6.45, 7) is 0. The number of pyridine rings is 1. The van der Waals surface area contributed by atoms with Crippen LogP contribution < -0.4 is 5.32 Å². The molecular weight excluding hydrogens is 335 g/mol. The Balaban J connectivity index is 1.97. The monoisotopic (exact) mass is 347 g/mol. The van der Waals surface area contributed by atoms with Crippen molar-refractivity contribution in [3.63, 3.8) is 0 Å². The fourth-order valence-electron chi connectivity index (χ4n) is 2.95. The number of nitrogens with one attached hydrogen (secondary N) is 1. The van der Waals surface area contributed by atoms with Gasteiger partial charge in [0.2, 0.25) is 6.41 Å². The van der Waals surface area contributed by atoms with E-state index in [0.717, 1.165) is 6.07 Å². The van der Waals surface area contributed by atoms with Crippen molar-refractivity contribution < 1.29 is 22.5 Å². The van der Waals surface area contributed by atoms with Gasteiger partial charge in [0.1, 0.15) is 5.69 Å². The third kappa shape index (κ3) is 2.54. The van der Waals surface area contributed by atoms with Crippen molar-refractivity contribution in [2.75, 3.05) is 0 Å². The maximum Gasteiger partial charge on any atom is 0.417 e. The number of alkyl halides is 3. The quantitative estimate of drug-likeness (QED) is 0.732. The van der Waals surface area contributed by atoms with Gasteiger partial charge in [-0.05, 0) is 18.9 Å². The molecule has 0 radical (unpaired) electrons. The largest absolute Gasteiger partial charge is 0.417 e. The molecule has 25 heavy (non-hydrogen) atoms. The van der Waals surface area contributed by atoms with E-state index in [9.17, 15) is 18.0 Å². The maximum atomic E-state index is 13.7. The summed E-state index contributed by atoms with van der Waals surface area (Å²) in [6.07, 6.45) is -3.13. The zero-order valence-corrected chi connectivity index (χ0v) is 12.8. The summed E-state index contributed by atoms with van der Waals surface area (Å²) >= 11 is 0. The molecule has 0 bridgehead atoms. The Bertz CT molecular complexity index is 947. The molecule has 4 rings (SSSR count). The normalized spacial score (nSPS) is 16.0. The molecule has 2 aromatic heterocycles. The molecule has 0 atom stereocenters. The lowest BCUT2D eigenvalue weighted by atomic mass is 10.0. The highest BCUT2D eigenvalue weighted by molar-refractivity contribution is 5.85. The van der Waals surface area contributed by atoms with Gasteiger partial charge < -0.3 is 9.84 Å². The number of aromatic nitrogens is 2. The van der Waals surface area contributed by atoms with Crippen molar-refractivity contribution in [3.05, 3.63) is 47.7 Å². The van der Waals surface area contributed by atoms with Crippen LogP contribution in [0.3, 0.4) is 0 Å². The van der Waals surface area contributed by atoms with E-state index >= 15 is 0 Å². The van der Waals surface area contributed by atoms with E-state index in [-0.39, 0.29) is 22.5 Å². The summed E-state index contributed by atoms with van der Waals surface area (Å²) in [5.74, 6) is 0. The van der Waals surface area contributed by atoms with Crippen LogP contribution in [0.4, 0.5) is 13.2 Å². The predicted octanol–water partition coefficient (Wildman–Crippen LogP) is 3.64. The van der Waals surface area contributed by atoms with Gasteiger partial charge in [-0.15, -0.1) is 0 Å². The number of hydrogen-bond donors (Lipinski definition) is 1. The van der Waals surface area contributed by atoms with Gasteiger partial charge in [0.05, 0.1) is 22.2 Å². The minimum atomic E-state index is -4.61. The first-order chi connectivity index (χ1) is 11.9. The second-order valence-corrected chi connectivity index (χ2v) is 5.97. The molecule has 128 valence electrons. The van der Waals surface area contributed by atoms with Gasteiger partial charge in [0.25, 0.3) is 5.71 Å². The predicted molar refractivity (Wildman–Crippen MR) is 82.4 cm³/mol. The van der Waals surface area contributed by atoms with Gasteiger partial charge in [0.15, 0.2) is 0 Å². The Hall–Kier alpha value is -2.90. The number of hydrogen-bond acceptors (Lipinski definition) is 4. The third-order valence-corrected chi connectivity index (χ3v) is 4.36. The van der Waals surface area contributed by atoms with Crippen LogP contribution in [0.1, 0.15) is 24.1 Å². The molecule has 1 amide bonds. The van der Waals surface area contributed by atoms with Crippen LogP contribution in [-0.2, 0) is 16.5 Å². The highest BCUT2D eigenvalue weighted by Crippen LogP contribution is 2.49. The Morgan fingerprint density at radius 2 is 1.92 bits per heavy atom. The van der Waals surface area contributed by atoms with Crippen molar-refractivity contribution in [3.8, 4) is 11.3 Å². The zero-order chi connectivity index (χ0) is 17.7. The molecule has 0 spiro atoms. The van der Waals surface area contributed by atoms with Gasteiger partial charge in [-0.3, -0.25) is 4.79 Å². The number of carbonyl (C=O) groups is 1. The van der Waals surface area contributed by atoms with Crippen molar-refractivity contribution in [2.45, 2.75) is 24.6 Å². The molecule has 8 heteroatoms. The SMILES string of the molecule is O=CNC1(c2noc3nc(-c4ccccc4)cc(C(F)(F)F)c23)CC1. The summed E-state index contributed by atoms with van der Waals surface area (Å²) in [7, 11) is 0. The molecule has 0 saturated heterocycles. The number of amides is 1. The molecule has 5 nitrogen and oxygen atoms in total. The minimum Gasteiger partial charge on any atom is -0.347 e. The molecular formula is C17H12F3N3O2. The fourth-order valence-corrected chi connectivity index (χ4v) is 2.95. The van der Waals surface area contributed by atoms with Gasteiger partial charge in [-0.1, -0.05) is 35.5 Å². The lowest BCUT2D eigenvalue weighted by Gasteiger charge is -2.14. The number of fused-ring (bicyclic) bond motifs is 1. The third-order valence-electron chi connectivity index (χ3n) is 4.36. The Morgan fingerprint density at radius 3 is 2.52 bits per heavy atom. The molecule has 3 aromatic rings. The number of halogens is 3. The molecule has 1 saturated carbocycles. The zero-order valence-electron chi connectivity index (χ0n) is 12.8. The average molecular weight is 347 g/mol. The lowest BCUT2D eigenvalue weighted by Crippen LogP contribution is -2.28.